The minimum Gasteiger partial charge on any atom is -0.355 e. The Bertz CT molecular complexity index is 506. The van der Waals surface area contributed by atoms with Gasteiger partial charge in [-0.3, -0.25) is 9.89 Å². The van der Waals surface area contributed by atoms with Crippen LogP contribution < -0.4 is 10.6 Å². The zero-order valence-electron chi connectivity index (χ0n) is 17.1. The van der Waals surface area contributed by atoms with Gasteiger partial charge in [0.05, 0.1) is 6.04 Å². The molecule has 0 aromatic heterocycles. The molecule has 0 aliphatic rings. The van der Waals surface area contributed by atoms with E-state index in [4.69, 9.17) is 0 Å². The Kier molecular flexibility index (Phi) is 8.93. The van der Waals surface area contributed by atoms with Gasteiger partial charge in [0.25, 0.3) is 0 Å². The number of nitrogens with one attached hydrogen (secondary N) is 2. The number of aliphatic imine (C=N–C) groups is 1. The van der Waals surface area contributed by atoms with Crippen molar-refractivity contribution < 1.29 is 0 Å². The van der Waals surface area contributed by atoms with Gasteiger partial charge in [0.15, 0.2) is 5.96 Å². The third-order valence-electron chi connectivity index (χ3n) is 5.02. The molecule has 1 rings (SSSR count). The Morgan fingerprint density at radius 1 is 1.08 bits per heavy atom. The lowest BCUT2D eigenvalue weighted by molar-refractivity contribution is 0.196. The van der Waals surface area contributed by atoms with Crippen LogP contribution in [0, 0.1) is 0 Å². The molecule has 5 nitrogen and oxygen atoms in total. The lowest BCUT2D eigenvalue weighted by atomic mass is 10.0. The summed E-state index contributed by atoms with van der Waals surface area (Å²) >= 11 is 0. The summed E-state index contributed by atoms with van der Waals surface area (Å²) < 4.78 is 0. The summed E-state index contributed by atoms with van der Waals surface area (Å²) in [5.74, 6) is 0.850. The number of hydrogen-bond acceptors (Lipinski definition) is 3. The Labute approximate surface area is 154 Å². The van der Waals surface area contributed by atoms with Crippen LogP contribution in [0.5, 0.6) is 0 Å². The molecule has 0 aliphatic heterocycles. The molecule has 1 unspecified atom stereocenters. The maximum Gasteiger partial charge on any atom is 0.191 e. The van der Waals surface area contributed by atoms with Crippen molar-refractivity contribution >= 4 is 5.96 Å². The normalized spacial score (nSPS) is 14.0. The second-order valence-corrected chi connectivity index (χ2v) is 7.16. The van der Waals surface area contributed by atoms with Crippen molar-refractivity contribution in [3.05, 3.63) is 35.9 Å². The monoisotopic (exact) mass is 347 g/mol. The number of nitrogens with zero attached hydrogens (tertiary/aromatic N) is 3. The Balaban J connectivity index is 2.74. The molecular formula is C20H37N5. The van der Waals surface area contributed by atoms with Gasteiger partial charge in [-0.05, 0) is 46.6 Å². The topological polar surface area (TPSA) is 42.9 Å². The Hall–Kier alpha value is -1.59. The van der Waals surface area contributed by atoms with E-state index in [1.807, 2.05) is 7.05 Å². The molecule has 0 amide bonds. The highest BCUT2D eigenvalue weighted by Crippen LogP contribution is 2.19. The Morgan fingerprint density at radius 2 is 1.68 bits per heavy atom. The highest BCUT2D eigenvalue weighted by molar-refractivity contribution is 5.79. The molecule has 142 valence electrons. The SMILES string of the molecule is CCN(CC)C(CNC(=NC)NCC(C)(C)N(C)C)c1ccccc1. The maximum atomic E-state index is 4.38. The van der Waals surface area contributed by atoms with Crippen molar-refractivity contribution in [2.24, 2.45) is 4.99 Å². The number of likely N-dealkylation sites (N-methyl/N-ethyl adjacent to an activating group) is 2. The highest BCUT2D eigenvalue weighted by Gasteiger charge is 2.21. The van der Waals surface area contributed by atoms with E-state index >= 15 is 0 Å². The largest absolute Gasteiger partial charge is 0.355 e. The zero-order valence-corrected chi connectivity index (χ0v) is 17.1. The van der Waals surface area contributed by atoms with Gasteiger partial charge < -0.3 is 15.5 Å². The van der Waals surface area contributed by atoms with Crippen LogP contribution in [0.2, 0.25) is 0 Å². The maximum absolute atomic E-state index is 4.38. The van der Waals surface area contributed by atoms with Gasteiger partial charge >= 0.3 is 0 Å². The summed E-state index contributed by atoms with van der Waals surface area (Å²) in [6, 6.07) is 11.0. The molecule has 0 aliphatic carbocycles. The second kappa shape index (κ2) is 10.4. The predicted molar refractivity (Wildman–Crippen MR) is 109 cm³/mol. The molecule has 0 saturated heterocycles. The van der Waals surface area contributed by atoms with Gasteiger partial charge in [0.2, 0.25) is 0 Å². The van der Waals surface area contributed by atoms with E-state index in [0.29, 0.717) is 6.04 Å². The first kappa shape index (κ1) is 21.5. The van der Waals surface area contributed by atoms with E-state index < -0.39 is 0 Å². The summed E-state index contributed by atoms with van der Waals surface area (Å²) in [4.78, 5) is 9.07. The molecule has 1 aromatic rings. The van der Waals surface area contributed by atoms with E-state index in [-0.39, 0.29) is 5.54 Å². The van der Waals surface area contributed by atoms with Crippen molar-refractivity contribution in [1.29, 1.82) is 0 Å². The predicted octanol–water partition coefficient (Wildman–Crippen LogP) is 2.57. The van der Waals surface area contributed by atoms with Gasteiger partial charge in [-0.2, -0.15) is 0 Å². The van der Waals surface area contributed by atoms with Crippen LogP contribution >= 0.6 is 0 Å². The van der Waals surface area contributed by atoms with Gasteiger partial charge in [0, 0.05) is 25.7 Å². The van der Waals surface area contributed by atoms with Crippen LogP contribution in [-0.2, 0) is 0 Å². The van der Waals surface area contributed by atoms with Crippen LogP contribution in [0.1, 0.15) is 39.3 Å². The fourth-order valence-corrected chi connectivity index (χ4v) is 2.67. The summed E-state index contributed by atoms with van der Waals surface area (Å²) in [6.45, 7) is 12.6. The van der Waals surface area contributed by atoms with Gasteiger partial charge in [-0.15, -0.1) is 0 Å². The number of hydrogen-bond donors (Lipinski definition) is 2. The first-order valence-corrected chi connectivity index (χ1v) is 9.26. The molecule has 2 N–H and O–H groups in total. The van der Waals surface area contributed by atoms with E-state index in [9.17, 15) is 0 Å². The minimum atomic E-state index is 0.0648. The first-order valence-electron chi connectivity index (χ1n) is 9.26. The standard InChI is InChI=1S/C20H37N5/c1-8-25(9-2)18(17-13-11-10-12-14-17)15-22-19(21-5)23-16-20(3,4)24(6)7/h10-14,18H,8-9,15-16H2,1-7H3,(H2,21,22,23). The van der Waals surface area contributed by atoms with Crippen LogP contribution in [0.3, 0.4) is 0 Å². The van der Waals surface area contributed by atoms with Gasteiger partial charge in [0.1, 0.15) is 0 Å². The first-order chi connectivity index (χ1) is 11.9. The van der Waals surface area contributed by atoms with Gasteiger partial charge in [-0.1, -0.05) is 44.2 Å². The number of guanidine groups is 1. The van der Waals surface area contributed by atoms with Crippen LogP contribution in [-0.4, -0.2) is 68.6 Å². The average molecular weight is 348 g/mol. The second-order valence-electron chi connectivity index (χ2n) is 7.16. The molecule has 0 bridgehead atoms. The molecule has 0 fully saturated rings. The molecule has 0 saturated carbocycles. The molecule has 0 spiro atoms. The smallest absolute Gasteiger partial charge is 0.191 e. The van der Waals surface area contributed by atoms with Crippen molar-refractivity contribution in [2.75, 3.05) is 47.3 Å². The summed E-state index contributed by atoms with van der Waals surface area (Å²) in [7, 11) is 6.03. The molecule has 1 atom stereocenters. The van der Waals surface area contributed by atoms with Crippen molar-refractivity contribution in [1.82, 2.24) is 20.4 Å². The fourth-order valence-electron chi connectivity index (χ4n) is 2.67. The van der Waals surface area contributed by atoms with Crippen molar-refractivity contribution in [3.8, 4) is 0 Å². The van der Waals surface area contributed by atoms with Crippen molar-refractivity contribution in [3.63, 3.8) is 0 Å². The molecule has 0 radical (unpaired) electrons. The van der Waals surface area contributed by atoms with Crippen LogP contribution in [0.25, 0.3) is 0 Å². The number of benzene rings is 1. The third kappa shape index (κ3) is 6.67. The molecule has 5 heteroatoms. The van der Waals surface area contributed by atoms with E-state index in [2.05, 4.69) is 97.5 Å². The fraction of sp³-hybridized carbons (Fsp3) is 0.650. The van der Waals surface area contributed by atoms with Gasteiger partial charge in [-0.25, -0.2) is 0 Å². The number of rotatable bonds is 9. The summed E-state index contributed by atoms with van der Waals surface area (Å²) in [6.07, 6.45) is 0. The van der Waals surface area contributed by atoms with E-state index in [0.717, 1.165) is 32.1 Å². The van der Waals surface area contributed by atoms with Crippen LogP contribution in [0.4, 0.5) is 0 Å². The lowest BCUT2D eigenvalue weighted by Gasteiger charge is -2.34. The third-order valence-corrected chi connectivity index (χ3v) is 5.02. The Morgan fingerprint density at radius 3 is 2.16 bits per heavy atom. The quantitative estimate of drug-likeness (QED) is 0.532. The van der Waals surface area contributed by atoms with E-state index in [1.165, 1.54) is 5.56 Å². The lowest BCUT2D eigenvalue weighted by Crippen LogP contribution is -2.51. The summed E-state index contributed by atoms with van der Waals surface area (Å²) in [5.41, 5.74) is 1.40. The molecule has 0 heterocycles. The molecular weight excluding hydrogens is 310 g/mol. The molecule has 25 heavy (non-hydrogen) atoms. The summed E-state index contributed by atoms with van der Waals surface area (Å²) in [5, 5.41) is 6.96. The van der Waals surface area contributed by atoms with Crippen molar-refractivity contribution in [2.45, 2.75) is 39.3 Å². The molecule has 1 aromatic carbocycles. The zero-order chi connectivity index (χ0) is 18.9. The average Bonchev–Trinajstić information content (AvgIpc) is 2.61. The minimum absolute atomic E-state index is 0.0648. The van der Waals surface area contributed by atoms with Crippen LogP contribution in [0.15, 0.2) is 35.3 Å². The van der Waals surface area contributed by atoms with E-state index in [1.54, 1.807) is 0 Å². The highest BCUT2D eigenvalue weighted by atomic mass is 15.2.